The van der Waals surface area contributed by atoms with Crippen LogP contribution in [0.1, 0.15) is 12.8 Å². The number of hydrogen-bond donors (Lipinski definition) is 0. The highest BCUT2D eigenvalue weighted by molar-refractivity contribution is 5.63. The van der Waals surface area contributed by atoms with E-state index < -0.39 is 5.82 Å². The van der Waals surface area contributed by atoms with E-state index in [0.717, 1.165) is 25.9 Å². The van der Waals surface area contributed by atoms with E-state index >= 15 is 0 Å². The Kier molecular flexibility index (Phi) is 3.45. The van der Waals surface area contributed by atoms with Crippen molar-refractivity contribution < 1.29 is 9.13 Å². The number of anilines is 1. The molecule has 0 saturated carbocycles. The first kappa shape index (κ1) is 12.8. The molecule has 0 radical (unpaired) electrons. The van der Waals surface area contributed by atoms with Gasteiger partial charge in [0.15, 0.2) is 17.5 Å². The number of aromatic nitrogens is 3. The molecule has 1 saturated heterocycles. The topological polar surface area (TPSA) is 51.1 Å². The summed E-state index contributed by atoms with van der Waals surface area (Å²) in [5.74, 6) is 0.835. The predicted octanol–water partition coefficient (Wildman–Crippen LogP) is 2.29. The van der Waals surface area contributed by atoms with Gasteiger partial charge in [-0.05, 0) is 25.0 Å². The van der Waals surface area contributed by atoms with Crippen LogP contribution in [0, 0.1) is 5.82 Å². The first-order chi connectivity index (χ1) is 9.79. The Bertz CT molecular complexity index is 614. The van der Waals surface area contributed by atoms with Crippen LogP contribution in [0.2, 0.25) is 0 Å². The number of hydrogen-bond acceptors (Lipinski definition) is 5. The van der Waals surface area contributed by atoms with Gasteiger partial charge < -0.3 is 9.64 Å². The second kappa shape index (κ2) is 5.40. The molecule has 6 heteroatoms. The molecule has 3 rings (SSSR count). The maximum absolute atomic E-state index is 13.9. The monoisotopic (exact) mass is 274 g/mol. The molecule has 1 aliphatic rings. The standard InChI is InChI=1S/C14H15FN4O/c1-20-14-10(5-4-6-16-14)12-17-9-11(15)13(18-12)19-7-2-3-8-19/h4-6,9H,2-3,7-8H2,1H3. The molecule has 2 aromatic heterocycles. The molecule has 2 aromatic rings. The zero-order chi connectivity index (χ0) is 13.9. The van der Waals surface area contributed by atoms with Gasteiger partial charge in [0.25, 0.3) is 0 Å². The van der Waals surface area contributed by atoms with Crippen molar-refractivity contribution in [2.45, 2.75) is 12.8 Å². The van der Waals surface area contributed by atoms with Gasteiger partial charge in [0, 0.05) is 19.3 Å². The molecule has 1 fully saturated rings. The minimum absolute atomic E-state index is 0.360. The SMILES string of the molecule is COc1ncccc1-c1ncc(F)c(N2CCCC2)n1. The third kappa shape index (κ3) is 2.29. The van der Waals surface area contributed by atoms with Crippen LogP contribution in [0.4, 0.5) is 10.2 Å². The highest BCUT2D eigenvalue weighted by Gasteiger charge is 2.20. The molecule has 20 heavy (non-hydrogen) atoms. The van der Waals surface area contributed by atoms with Crippen molar-refractivity contribution in [1.29, 1.82) is 0 Å². The van der Waals surface area contributed by atoms with Crippen LogP contribution in [0.5, 0.6) is 5.88 Å². The van der Waals surface area contributed by atoms with Gasteiger partial charge in [0.2, 0.25) is 5.88 Å². The van der Waals surface area contributed by atoms with E-state index in [1.165, 1.54) is 13.3 Å². The average Bonchev–Trinajstić information content (AvgIpc) is 3.02. The van der Waals surface area contributed by atoms with E-state index in [1.807, 2.05) is 11.0 Å². The summed E-state index contributed by atoms with van der Waals surface area (Å²) in [4.78, 5) is 14.5. The minimum atomic E-state index is -0.390. The summed E-state index contributed by atoms with van der Waals surface area (Å²) in [5.41, 5.74) is 0.662. The maximum Gasteiger partial charge on any atom is 0.224 e. The fraction of sp³-hybridized carbons (Fsp3) is 0.357. The molecule has 0 aliphatic carbocycles. The van der Waals surface area contributed by atoms with Gasteiger partial charge in [-0.15, -0.1) is 0 Å². The number of ether oxygens (including phenoxy) is 1. The van der Waals surface area contributed by atoms with E-state index in [1.54, 1.807) is 12.3 Å². The first-order valence-corrected chi connectivity index (χ1v) is 6.56. The summed E-state index contributed by atoms with van der Waals surface area (Å²) >= 11 is 0. The van der Waals surface area contributed by atoms with E-state index in [9.17, 15) is 4.39 Å². The fourth-order valence-corrected chi connectivity index (χ4v) is 2.36. The van der Waals surface area contributed by atoms with Crippen LogP contribution >= 0.6 is 0 Å². The van der Waals surface area contributed by atoms with Gasteiger partial charge in [-0.1, -0.05) is 0 Å². The Balaban J connectivity index is 2.04. The van der Waals surface area contributed by atoms with Crippen LogP contribution in [0.25, 0.3) is 11.4 Å². The summed E-state index contributed by atoms with van der Waals surface area (Å²) in [6.07, 6.45) is 4.97. The first-order valence-electron chi connectivity index (χ1n) is 6.56. The van der Waals surface area contributed by atoms with Gasteiger partial charge in [0.1, 0.15) is 0 Å². The van der Waals surface area contributed by atoms with Crippen LogP contribution in [-0.4, -0.2) is 35.2 Å². The smallest absolute Gasteiger partial charge is 0.224 e. The third-order valence-corrected chi connectivity index (χ3v) is 3.34. The molecule has 0 aromatic carbocycles. The normalized spacial score (nSPS) is 14.6. The maximum atomic E-state index is 13.9. The predicted molar refractivity (Wildman–Crippen MR) is 73.2 cm³/mol. The number of nitrogens with zero attached hydrogens (tertiary/aromatic N) is 4. The molecule has 0 amide bonds. The lowest BCUT2D eigenvalue weighted by molar-refractivity contribution is 0.399. The zero-order valence-corrected chi connectivity index (χ0v) is 11.2. The summed E-state index contributed by atoms with van der Waals surface area (Å²) in [5, 5.41) is 0. The number of rotatable bonds is 3. The molecule has 3 heterocycles. The highest BCUT2D eigenvalue weighted by atomic mass is 19.1. The van der Waals surface area contributed by atoms with Gasteiger partial charge >= 0.3 is 0 Å². The van der Waals surface area contributed by atoms with Gasteiger partial charge in [-0.25, -0.2) is 19.3 Å². The van der Waals surface area contributed by atoms with Crippen LogP contribution in [0.15, 0.2) is 24.5 Å². The molecular weight excluding hydrogens is 259 g/mol. The van der Waals surface area contributed by atoms with Crippen molar-refractivity contribution in [3.63, 3.8) is 0 Å². The minimum Gasteiger partial charge on any atom is -0.480 e. The number of pyridine rings is 1. The molecule has 0 bridgehead atoms. The zero-order valence-electron chi connectivity index (χ0n) is 11.2. The second-order valence-electron chi connectivity index (χ2n) is 4.62. The summed E-state index contributed by atoms with van der Waals surface area (Å²) in [6.45, 7) is 1.66. The molecule has 5 nitrogen and oxygen atoms in total. The molecule has 0 N–H and O–H groups in total. The molecule has 1 aliphatic heterocycles. The number of halogens is 1. The summed E-state index contributed by atoms with van der Waals surface area (Å²) in [7, 11) is 1.54. The van der Waals surface area contributed by atoms with Crippen molar-refractivity contribution >= 4 is 5.82 Å². The van der Waals surface area contributed by atoms with Gasteiger partial charge in [-0.2, -0.15) is 0 Å². The van der Waals surface area contributed by atoms with E-state index in [0.29, 0.717) is 23.1 Å². The molecular formula is C14H15FN4O. The van der Waals surface area contributed by atoms with Crippen molar-refractivity contribution in [3.05, 3.63) is 30.3 Å². The van der Waals surface area contributed by atoms with Crippen molar-refractivity contribution in [2.24, 2.45) is 0 Å². The lowest BCUT2D eigenvalue weighted by Gasteiger charge is -2.17. The quantitative estimate of drug-likeness (QED) is 0.859. The molecule has 0 atom stereocenters. The van der Waals surface area contributed by atoms with Gasteiger partial charge in [0.05, 0.1) is 18.9 Å². The lowest BCUT2D eigenvalue weighted by atomic mass is 10.2. The third-order valence-electron chi connectivity index (χ3n) is 3.34. The summed E-state index contributed by atoms with van der Waals surface area (Å²) < 4.78 is 19.1. The second-order valence-corrected chi connectivity index (χ2v) is 4.62. The van der Waals surface area contributed by atoms with Crippen LogP contribution < -0.4 is 9.64 Å². The van der Waals surface area contributed by atoms with Crippen LogP contribution in [0.3, 0.4) is 0 Å². The Hall–Kier alpha value is -2.24. The van der Waals surface area contributed by atoms with Gasteiger partial charge in [-0.3, -0.25) is 0 Å². The molecule has 0 spiro atoms. The Morgan fingerprint density at radius 2 is 2.05 bits per heavy atom. The number of methoxy groups -OCH3 is 1. The van der Waals surface area contributed by atoms with Crippen LogP contribution in [-0.2, 0) is 0 Å². The molecule has 0 unspecified atom stereocenters. The fourth-order valence-electron chi connectivity index (χ4n) is 2.36. The van der Waals surface area contributed by atoms with E-state index in [-0.39, 0.29) is 0 Å². The van der Waals surface area contributed by atoms with Crippen molar-refractivity contribution in [3.8, 4) is 17.3 Å². The highest BCUT2D eigenvalue weighted by Crippen LogP contribution is 2.28. The van der Waals surface area contributed by atoms with E-state index in [4.69, 9.17) is 4.74 Å². The lowest BCUT2D eigenvalue weighted by Crippen LogP contribution is -2.21. The van der Waals surface area contributed by atoms with Crippen molar-refractivity contribution in [2.75, 3.05) is 25.1 Å². The molecule has 104 valence electrons. The largest absolute Gasteiger partial charge is 0.480 e. The Labute approximate surface area is 116 Å². The van der Waals surface area contributed by atoms with E-state index in [2.05, 4.69) is 15.0 Å². The summed E-state index contributed by atoms with van der Waals surface area (Å²) in [6, 6.07) is 3.59. The Morgan fingerprint density at radius 3 is 2.80 bits per heavy atom. The Morgan fingerprint density at radius 1 is 1.25 bits per heavy atom. The average molecular weight is 274 g/mol. The van der Waals surface area contributed by atoms with Crippen molar-refractivity contribution in [1.82, 2.24) is 15.0 Å².